The predicted octanol–water partition coefficient (Wildman–Crippen LogP) is 6.25. The third-order valence-electron chi connectivity index (χ3n) is 6.42. The lowest BCUT2D eigenvalue weighted by molar-refractivity contribution is -0.136. The molecule has 0 saturated heterocycles. The Morgan fingerprint density at radius 3 is 2.17 bits per heavy atom. The van der Waals surface area contributed by atoms with Gasteiger partial charge in [0.15, 0.2) is 0 Å². The van der Waals surface area contributed by atoms with E-state index < -0.39 is 5.97 Å². The van der Waals surface area contributed by atoms with Crippen LogP contribution in [0.4, 0.5) is 5.69 Å². The molecule has 1 aliphatic heterocycles. The van der Waals surface area contributed by atoms with Crippen molar-refractivity contribution < 1.29 is 19.1 Å². The van der Waals surface area contributed by atoms with Crippen LogP contribution in [-0.4, -0.2) is 30.7 Å². The molecule has 1 aromatic heterocycles. The van der Waals surface area contributed by atoms with Crippen molar-refractivity contribution >= 4 is 35.2 Å². The molecule has 4 rings (SSSR count). The van der Waals surface area contributed by atoms with E-state index in [0.29, 0.717) is 22.0 Å². The van der Waals surface area contributed by atoms with Gasteiger partial charge >= 0.3 is 5.97 Å². The first-order chi connectivity index (χ1) is 17.1. The number of amides is 1. The molecule has 186 valence electrons. The number of aryl methyl sites for hydroxylation is 3. The number of hydrogen-bond acceptors (Lipinski definition) is 4. The molecule has 1 aliphatic rings. The van der Waals surface area contributed by atoms with Crippen molar-refractivity contribution in [1.29, 1.82) is 0 Å². The number of carbonyl (C=O) groups is 2. The van der Waals surface area contributed by atoms with E-state index >= 15 is 0 Å². The maximum absolute atomic E-state index is 13.7. The number of aromatic nitrogens is 1. The number of benzene rings is 2. The average molecular weight is 505 g/mol. The second-order valence-electron chi connectivity index (χ2n) is 8.98. The fourth-order valence-electron chi connectivity index (χ4n) is 4.85. The van der Waals surface area contributed by atoms with Crippen molar-refractivity contribution in [3.05, 3.63) is 92.4 Å². The minimum atomic E-state index is -0.547. The quantitative estimate of drug-likeness (QED) is 0.304. The summed E-state index contributed by atoms with van der Waals surface area (Å²) in [5.41, 5.74) is 7.43. The van der Waals surface area contributed by atoms with Crippen LogP contribution < -0.4 is 9.64 Å². The maximum Gasteiger partial charge on any atom is 0.340 e. The van der Waals surface area contributed by atoms with Gasteiger partial charge in [-0.15, -0.1) is 0 Å². The highest BCUT2D eigenvalue weighted by atomic mass is 35.5. The molecule has 0 saturated carbocycles. The molecule has 3 aromatic rings. The molecule has 7 heteroatoms. The van der Waals surface area contributed by atoms with Crippen LogP contribution in [0.3, 0.4) is 0 Å². The smallest absolute Gasteiger partial charge is 0.340 e. The van der Waals surface area contributed by atoms with Gasteiger partial charge < -0.3 is 14.0 Å². The summed E-state index contributed by atoms with van der Waals surface area (Å²) in [6.07, 6.45) is 1.77. The minimum Gasteiger partial charge on any atom is -0.495 e. The summed E-state index contributed by atoms with van der Waals surface area (Å²) in [5.74, 6) is -0.221. The van der Waals surface area contributed by atoms with Crippen LogP contribution in [0.15, 0.2) is 59.3 Å². The first-order valence-corrected chi connectivity index (χ1v) is 11.9. The van der Waals surface area contributed by atoms with Gasteiger partial charge in [-0.05, 0) is 93.8 Å². The summed E-state index contributed by atoms with van der Waals surface area (Å²) < 4.78 is 12.4. The molecule has 2 aromatic carbocycles. The molecule has 0 atom stereocenters. The van der Waals surface area contributed by atoms with Crippen LogP contribution in [0.1, 0.15) is 35.0 Å². The van der Waals surface area contributed by atoms with Gasteiger partial charge in [-0.2, -0.15) is 0 Å². The van der Waals surface area contributed by atoms with Crippen LogP contribution in [0.25, 0.3) is 11.8 Å². The van der Waals surface area contributed by atoms with Crippen LogP contribution in [0, 0.1) is 27.7 Å². The van der Waals surface area contributed by atoms with Crippen LogP contribution in [0.2, 0.25) is 5.02 Å². The Bertz CT molecular complexity index is 1440. The Hall–Kier alpha value is -3.77. The van der Waals surface area contributed by atoms with E-state index in [9.17, 15) is 9.59 Å². The molecule has 0 bridgehead atoms. The van der Waals surface area contributed by atoms with Gasteiger partial charge in [-0.1, -0.05) is 17.7 Å². The van der Waals surface area contributed by atoms with Crippen LogP contribution >= 0.6 is 11.6 Å². The molecule has 1 amide bonds. The largest absolute Gasteiger partial charge is 0.495 e. The summed E-state index contributed by atoms with van der Waals surface area (Å²) in [4.78, 5) is 28.1. The number of methoxy groups -OCH3 is 2. The van der Waals surface area contributed by atoms with Crippen LogP contribution in [-0.2, 0) is 14.3 Å². The minimum absolute atomic E-state index is 0.263. The number of carbonyl (C=O) groups excluding carboxylic acids is 2. The summed E-state index contributed by atoms with van der Waals surface area (Å²) in [5, 5.41) is 0.504. The fraction of sp³-hybridized carbons (Fsp3) is 0.241. The molecule has 6 nitrogen and oxygen atoms in total. The normalized spacial score (nSPS) is 14.7. The first-order valence-electron chi connectivity index (χ1n) is 11.5. The van der Waals surface area contributed by atoms with E-state index in [4.69, 9.17) is 21.1 Å². The number of hydrogen-bond donors (Lipinski definition) is 0. The zero-order valence-electron chi connectivity index (χ0n) is 21.5. The van der Waals surface area contributed by atoms with Gasteiger partial charge in [0.25, 0.3) is 5.91 Å². The van der Waals surface area contributed by atoms with Crippen molar-refractivity contribution in [2.45, 2.75) is 34.6 Å². The Morgan fingerprint density at radius 1 is 0.917 bits per heavy atom. The lowest BCUT2D eigenvalue weighted by Gasteiger charge is -2.19. The monoisotopic (exact) mass is 504 g/mol. The molecule has 0 fully saturated rings. The van der Waals surface area contributed by atoms with Gasteiger partial charge in [0, 0.05) is 28.5 Å². The molecule has 0 aliphatic carbocycles. The van der Waals surface area contributed by atoms with E-state index in [0.717, 1.165) is 39.5 Å². The van der Waals surface area contributed by atoms with E-state index in [1.54, 1.807) is 25.0 Å². The van der Waals surface area contributed by atoms with Crippen molar-refractivity contribution in [3.8, 4) is 11.4 Å². The number of nitrogens with zero attached hydrogens (tertiary/aromatic N) is 2. The van der Waals surface area contributed by atoms with Gasteiger partial charge in [-0.25, -0.2) is 4.79 Å². The molecular weight excluding hydrogens is 476 g/mol. The summed E-state index contributed by atoms with van der Waals surface area (Å²) >= 11 is 6.37. The van der Waals surface area contributed by atoms with Gasteiger partial charge in [0.1, 0.15) is 5.75 Å². The number of allylic oxidation sites excluding steroid dienone is 1. The highest BCUT2D eigenvalue weighted by molar-refractivity contribution is 6.32. The lowest BCUT2D eigenvalue weighted by atomic mass is 10.0. The van der Waals surface area contributed by atoms with Crippen molar-refractivity contribution in [1.82, 2.24) is 4.57 Å². The molecule has 0 unspecified atom stereocenters. The number of rotatable bonds is 5. The molecule has 2 heterocycles. The lowest BCUT2D eigenvalue weighted by Crippen LogP contribution is -2.24. The molecular formula is C29H29ClN2O4. The topological polar surface area (TPSA) is 60.8 Å². The first kappa shape index (κ1) is 25.3. The van der Waals surface area contributed by atoms with Gasteiger partial charge in [-0.3, -0.25) is 9.69 Å². The molecule has 0 N–H and O–H groups in total. The van der Waals surface area contributed by atoms with Crippen molar-refractivity contribution in [2.24, 2.45) is 0 Å². The number of ether oxygens (including phenoxy) is 2. The Labute approximate surface area is 216 Å². The van der Waals surface area contributed by atoms with Crippen LogP contribution in [0.5, 0.6) is 5.75 Å². The van der Waals surface area contributed by atoms with Gasteiger partial charge in [0.05, 0.1) is 30.4 Å². The summed E-state index contributed by atoms with van der Waals surface area (Å²) in [6.45, 7) is 9.68. The van der Waals surface area contributed by atoms with Crippen molar-refractivity contribution in [3.63, 3.8) is 0 Å². The second-order valence-corrected chi connectivity index (χ2v) is 9.38. The van der Waals surface area contributed by atoms with Crippen molar-refractivity contribution in [2.75, 3.05) is 19.1 Å². The van der Waals surface area contributed by atoms with E-state index in [1.807, 2.05) is 74.7 Å². The highest BCUT2D eigenvalue weighted by Crippen LogP contribution is 2.37. The molecule has 0 spiro atoms. The van der Waals surface area contributed by atoms with Gasteiger partial charge in [0.2, 0.25) is 0 Å². The Balaban J connectivity index is 1.85. The standard InChI is InChI=1S/C29H29ClN2O4/c1-16-10-17(2)12-23(11-16)32-20(5)27(29(34)36-7)24(28(32)33)14-21-13-18(3)31(19(21)4)22-8-9-26(35-6)25(30)15-22/h8-15H,1-7H3/b24-14-. The number of anilines is 1. The van der Waals surface area contributed by atoms with E-state index in [-0.39, 0.29) is 11.5 Å². The number of halogens is 1. The van der Waals surface area contributed by atoms with E-state index in [2.05, 4.69) is 0 Å². The Kier molecular flexibility index (Phi) is 6.83. The summed E-state index contributed by atoms with van der Waals surface area (Å²) in [6, 6.07) is 13.5. The maximum atomic E-state index is 13.7. The zero-order chi connectivity index (χ0) is 26.3. The second kappa shape index (κ2) is 9.70. The number of esters is 1. The third kappa shape index (κ3) is 4.33. The third-order valence-corrected chi connectivity index (χ3v) is 6.71. The zero-order valence-corrected chi connectivity index (χ0v) is 22.3. The van der Waals surface area contributed by atoms with E-state index in [1.165, 1.54) is 7.11 Å². The SMILES string of the molecule is COC(=O)C1=C(C)N(c2cc(C)cc(C)c2)C(=O)/C1=C\c1cc(C)n(-c2ccc(OC)c(Cl)c2)c1C. The Morgan fingerprint density at radius 2 is 1.58 bits per heavy atom. The molecule has 0 radical (unpaired) electrons. The summed E-state index contributed by atoms with van der Waals surface area (Å²) in [7, 11) is 2.90. The molecule has 36 heavy (non-hydrogen) atoms. The fourth-order valence-corrected chi connectivity index (χ4v) is 5.10. The highest BCUT2D eigenvalue weighted by Gasteiger charge is 2.38. The average Bonchev–Trinajstić information content (AvgIpc) is 3.23. The predicted molar refractivity (Wildman–Crippen MR) is 143 cm³/mol.